The molecule has 2 rings (SSSR count). The molecule has 0 saturated carbocycles. The summed E-state index contributed by atoms with van der Waals surface area (Å²) in [6.45, 7) is 4.44. The molecule has 0 spiro atoms. The van der Waals surface area contributed by atoms with Crippen molar-refractivity contribution in [3.63, 3.8) is 0 Å². The second-order valence-electron chi connectivity index (χ2n) is 6.48. The molecule has 1 aromatic carbocycles. The number of sulfone groups is 1. The number of rotatable bonds is 8. The van der Waals surface area contributed by atoms with Crippen molar-refractivity contribution in [2.75, 3.05) is 11.1 Å². The van der Waals surface area contributed by atoms with Gasteiger partial charge in [-0.3, -0.25) is 0 Å². The van der Waals surface area contributed by atoms with Gasteiger partial charge in [0.25, 0.3) is 0 Å². The number of nitrogens with zero attached hydrogens (tertiary/aromatic N) is 1. The van der Waals surface area contributed by atoms with E-state index in [4.69, 9.17) is 0 Å². The zero-order chi connectivity index (χ0) is 18.3. The monoisotopic (exact) mass is 437 g/mol. The molecule has 25 heavy (non-hydrogen) atoms. The van der Waals surface area contributed by atoms with Crippen molar-refractivity contribution in [3.8, 4) is 0 Å². The molecule has 0 aliphatic rings. The Kier molecular flexibility index (Phi) is 7.16. The Hall–Kier alpha value is -1.24. The standard InChI is InChI=1S/C19H24BrNO2SSi/c1-25(2,17-10-4-3-5-11-17)18(12-6-8-14-20)16-24(22,23)19-13-7-9-15-21-19/h3-5,7,9-13,15H,6,8,14,16H2,1-2H3/b18-12+. The first-order chi connectivity index (χ1) is 11.9. The fourth-order valence-corrected chi connectivity index (χ4v) is 8.27. The van der Waals surface area contributed by atoms with Gasteiger partial charge in [0, 0.05) is 11.5 Å². The highest BCUT2D eigenvalue weighted by Crippen LogP contribution is 2.21. The fraction of sp³-hybridized carbons (Fsp3) is 0.316. The third-order valence-electron chi connectivity index (χ3n) is 4.33. The van der Waals surface area contributed by atoms with Gasteiger partial charge in [0.2, 0.25) is 0 Å². The number of hydrogen-bond acceptors (Lipinski definition) is 3. The van der Waals surface area contributed by atoms with Crippen LogP contribution in [-0.2, 0) is 9.84 Å². The number of halogens is 1. The van der Waals surface area contributed by atoms with E-state index < -0.39 is 17.9 Å². The van der Waals surface area contributed by atoms with E-state index in [1.165, 1.54) is 11.4 Å². The highest BCUT2D eigenvalue weighted by molar-refractivity contribution is 9.09. The molecule has 0 atom stereocenters. The maximum Gasteiger partial charge on any atom is 0.199 e. The van der Waals surface area contributed by atoms with Crippen LogP contribution in [0.5, 0.6) is 0 Å². The first-order valence-electron chi connectivity index (χ1n) is 8.33. The predicted octanol–water partition coefficient (Wildman–Crippen LogP) is 4.11. The minimum absolute atomic E-state index is 0.0421. The summed E-state index contributed by atoms with van der Waals surface area (Å²) in [6, 6.07) is 15.3. The Bertz CT molecular complexity index is 806. The summed E-state index contributed by atoms with van der Waals surface area (Å²) in [5, 5.41) is 3.36. The molecular formula is C19H24BrNO2SSi. The summed E-state index contributed by atoms with van der Waals surface area (Å²) in [4.78, 5) is 4.05. The first kappa shape index (κ1) is 20.1. The number of unbranched alkanes of at least 4 members (excludes halogenated alkanes) is 1. The third-order valence-corrected chi connectivity index (χ3v) is 10.5. The van der Waals surface area contributed by atoms with Crippen molar-refractivity contribution in [2.45, 2.75) is 31.0 Å². The van der Waals surface area contributed by atoms with Crippen LogP contribution in [-0.4, -0.2) is 32.6 Å². The summed E-state index contributed by atoms with van der Waals surface area (Å²) >= 11 is 3.45. The summed E-state index contributed by atoms with van der Waals surface area (Å²) in [7, 11) is -5.51. The van der Waals surface area contributed by atoms with E-state index in [0.717, 1.165) is 23.4 Å². The van der Waals surface area contributed by atoms with Gasteiger partial charge in [-0.25, -0.2) is 13.4 Å². The summed E-state index contributed by atoms with van der Waals surface area (Å²) in [6.07, 6.45) is 5.54. The topological polar surface area (TPSA) is 47.0 Å². The number of allylic oxidation sites excluding steroid dienone is 1. The average Bonchev–Trinajstić information content (AvgIpc) is 2.62. The largest absolute Gasteiger partial charge is 0.245 e. The van der Waals surface area contributed by atoms with Crippen LogP contribution in [0.15, 0.2) is 71.0 Å². The van der Waals surface area contributed by atoms with Crippen molar-refractivity contribution in [1.29, 1.82) is 0 Å². The van der Waals surface area contributed by atoms with E-state index in [1.54, 1.807) is 18.2 Å². The van der Waals surface area contributed by atoms with Gasteiger partial charge in [0.1, 0.15) is 8.07 Å². The van der Waals surface area contributed by atoms with E-state index in [9.17, 15) is 8.42 Å². The molecule has 0 N–H and O–H groups in total. The molecule has 0 radical (unpaired) electrons. The zero-order valence-electron chi connectivity index (χ0n) is 14.7. The Labute approximate surface area is 160 Å². The SMILES string of the molecule is C[Si](C)(/C(=C/CCCBr)CS(=O)(=O)c1ccccn1)c1ccccc1. The Morgan fingerprint density at radius 2 is 1.80 bits per heavy atom. The molecule has 1 aromatic heterocycles. The molecule has 0 bridgehead atoms. The van der Waals surface area contributed by atoms with Crippen LogP contribution in [0.25, 0.3) is 0 Å². The van der Waals surface area contributed by atoms with Crippen molar-refractivity contribution >= 4 is 39.0 Å². The second kappa shape index (κ2) is 8.92. The summed E-state index contributed by atoms with van der Waals surface area (Å²) < 4.78 is 25.7. The number of alkyl halides is 1. The van der Waals surface area contributed by atoms with Crippen LogP contribution in [0.3, 0.4) is 0 Å². The molecule has 0 saturated heterocycles. The summed E-state index contributed by atoms with van der Waals surface area (Å²) in [5.74, 6) is 0.0421. The number of hydrogen-bond donors (Lipinski definition) is 0. The van der Waals surface area contributed by atoms with Gasteiger partial charge in [-0.05, 0) is 25.0 Å². The highest BCUT2D eigenvalue weighted by atomic mass is 79.9. The van der Waals surface area contributed by atoms with Gasteiger partial charge >= 0.3 is 0 Å². The van der Waals surface area contributed by atoms with Crippen molar-refractivity contribution < 1.29 is 8.42 Å². The molecule has 1 heterocycles. The summed E-state index contributed by atoms with van der Waals surface area (Å²) in [5.41, 5.74) is 0. The zero-order valence-corrected chi connectivity index (χ0v) is 18.1. The van der Waals surface area contributed by atoms with Gasteiger partial charge in [-0.2, -0.15) is 0 Å². The quantitative estimate of drug-likeness (QED) is 0.354. The average molecular weight is 438 g/mol. The molecule has 0 aliphatic carbocycles. The molecule has 134 valence electrons. The molecule has 0 amide bonds. The second-order valence-corrected chi connectivity index (χ2v) is 13.7. The molecule has 0 unspecified atom stereocenters. The van der Waals surface area contributed by atoms with Crippen LogP contribution in [0.1, 0.15) is 12.8 Å². The fourth-order valence-electron chi connectivity index (χ4n) is 2.70. The van der Waals surface area contributed by atoms with Crippen molar-refractivity contribution in [3.05, 3.63) is 66.0 Å². The van der Waals surface area contributed by atoms with E-state index in [1.807, 2.05) is 18.2 Å². The molecule has 6 heteroatoms. The van der Waals surface area contributed by atoms with Crippen LogP contribution < -0.4 is 5.19 Å². The van der Waals surface area contributed by atoms with Gasteiger partial charge < -0.3 is 0 Å². The highest BCUT2D eigenvalue weighted by Gasteiger charge is 2.32. The Morgan fingerprint density at radius 3 is 2.40 bits per heavy atom. The Balaban J connectivity index is 2.38. The lowest BCUT2D eigenvalue weighted by Gasteiger charge is -2.27. The normalized spacial score (nSPS) is 13.0. The van der Waals surface area contributed by atoms with E-state index in [0.29, 0.717) is 0 Å². The molecule has 0 aliphatic heterocycles. The predicted molar refractivity (Wildman–Crippen MR) is 111 cm³/mol. The molecule has 3 nitrogen and oxygen atoms in total. The van der Waals surface area contributed by atoms with Crippen molar-refractivity contribution in [2.24, 2.45) is 0 Å². The minimum atomic E-state index is -3.44. The van der Waals surface area contributed by atoms with Gasteiger partial charge in [0.15, 0.2) is 14.9 Å². The molecule has 0 fully saturated rings. The Morgan fingerprint density at radius 1 is 1.12 bits per heavy atom. The van der Waals surface area contributed by atoms with Gasteiger partial charge in [-0.1, -0.05) is 81.9 Å². The van der Waals surface area contributed by atoms with Crippen molar-refractivity contribution in [1.82, 2.24) is 4.98 Å². The molecular weight excluding hydrogens is 414 g/mol. The lowest BCUT2D eigenvalue weighted by molar-refractivity contribution is 0.595. The number of benzene rings is 1. The van der Waals surface area contributed by atoms with Crippen LogP contribution >= 0.6 is 15.9 Å². The minimum Gasteiger partial charge on any atom is -0.245 e. The maximum absolute atomic E-state index is 12.9. The maximum atomic E-state index is 12.9. The number of aromatic nitrogens is 1. The smallest absolute Gasteiger partial charge is 0.199 e. The van der Waals surface area contributed by atoms with E-state index in [2.05, 4.69) is 52.2 Å². The lowest BCUT2D eigenvalue weighted by atomic mass is 10.3. The van der Waals surface area contributed by atoms with Crippen LogP contribution in [0.4, 0.5) is 0 Å². The molecule has 2 aromatic rings. The first-order valence-corrected chi connectivity index (χ1v) is 14.1. The lowest BCUT2D eigenvalue weighted by Crippen LogP contribution is -2.45. The number of pyridine rings is 1. The van der Waals surface area contributed by atoms with Gasteiger partial charge in [0.05, 0.1) is 5.75 Å². The third kappa shape index (κ3) is 5.36. The van der Waals surface area contributed by atoms with E-state index >= 15 is 0 Å². The van der Waals surface area contributed by atoms with Crippen LogP contribution in [0.2, 0.25) is 13.1 Å². The van der Waals surface area contributed by atoms with Gasteiger partial charge in [-0.15, -0.1) is 0 Å². The van der Waals surface area contributed by atoms with E-state index in [-0.39, 0.29) is 10.8 Å². The van der Waals surface area contributed by atoms with Crippen LogP contribution in [0, 0.1) is 0 Å².